The summed E-state index contributed by atoms with van der Waals surface area (Å²) < 4.78 is 4.75. The Labute approximate surface area is 115 Å². The van der Waals surface area contributed by atoms with Gasteiger partial charge in [0.2, 0.25) is 5.91 Å². The van der Waals surface area contributed by atoms with Crippen molar-refractivity contribution >= 4 is 11.9 Å². The fourth-order valence-electron chi connectivity index (χ4n) is 2.57. The fraction of sp³-hybridized carbons (Fsp3) is 0.857. The van der Waals surface area contributed by atoms with Gasteiger partial charge in [-0.25, -0.2) is 0 Å². The predicted octanol–water partition coefficient (Wildman–Crippen LogP) is 1.35. The highest BCUT2D eigenvalue weighted by molar-refractivity contribution is 5.83. The van der Waals surface area contributed by atoms with E-state index in [1.807, 2.05) is 13.8 Å². The molecule has 3 N–H and O–H groups in total. The van der Waals surface area contributed by atoms with Crippen LogP contribution in [0.4, 0.5) is 0 Å². The highest BCUT2D eigenvalue weighted by Crippen LogP contribution is 2.31. The van der Waals surface area contributed by atoms with Gasteiger partial charge in [0.15, 0.2) is 0 Å². The lowest BCUT2D eigenvalue weighted by molar-refractivity contribution is -0.143. The molecule has 5 heteroatoms. The van der Waals surface area contributed by atoms with Gasteiger partial charge in [-0.3, -0.25) is 9.59 Å². The molecule has 0 aromatic heterocycles. The molecular formula is C14H26N2O3. The smallest absolute Gasteiger partial charge is 0.307 e. The number of carbonyl (C=O) groups excluding carboxylic acids is 2. The summed E-state index contributed by atoms with van der Waals surface area (Å²) in [5.74, 6) is -0.361. The molecule has 1 aliphatic rings. The number of nitrogens with one attached hydrogen (secondary N) is 1. The Kier molecular flexibility index (Phi) is 5.79. The lowest BCUT2D eigenvalue weighted by Crippen LogP contribution is -2.56. The number of carbonyl (C=O) groups is 2. The highest BCUT2D eigenvalue weighted by Gasteiger charge is 2.37. The van der Waals surface area contributed by atoms with Crippen LogP contribution in [0, 0.1) is 5.92 Å². The minimum absolute atomic E-state index is 0.0822. The molecule has 1 fully saturated rings. The minimum Gasteiger partial charge on any atom is -0.469 e. The molecule has 0 aromatic carbocycles. The highest BCUT2D eigenvalue weighted by atomic mass is 16.5. The zero-order valence-corrected chi connectivity index (χ0v) is 12.2. The first-order valence-corrected chi connectivity index (χ1v) is 7.04. The summed E-state index contributed by atoms with van der Waals surface area (Å²) in [6, 6.07) is -0.531. The third kappa shape index (κ3) is 4.49. The van der Waals surface area contributed by atoms with E-state index < -0.39 is 11.6 Å². The van der Waals surface area contributed by atoms with Crippen LogP contribution in [-0.2, 0) is 14.3 Å². The molecule has 0 radical (unpaired) electrons. The topological polar surface area (TPSA) is 81.4 Å². The van der Waals surface area contributed by atoms with Crippen molar-refractivity contribution in [3.63, 3.8) is 0 Å². The zero-order valence-electron chi connectivity index (χ0n) is 12.2. The molecular weight excluding hydrogens is 244 g/mol. The maximum Gasteiger partial charge on any atom is 0.307 e. The SMILES string of the molecule is COC(=O)CC1(NC(=O)[C@H](N)C(C)C)CCCCC1. The van der Waals surface area contributed by atoms with E-state index in [0.29, 0.717) is 0 Å². The molecule has 0 aliphatic heterocycles. The van der Waals surface area contributed by atoms with E-state index in [9.17, 15) is 9.59 Å². The van der Waals surface area contributed by atoms with Crippen LogP contribution in [0.5, 0.6) is 0 Å². The first-order chi connectivity index (χ1) is 8.90. The van der Waals surface area contributed by atoms with Gasteiger partial charge in [0.1, 0.15) is 0 Å². The Morgan fingerprint density at radius 1 is 1.26 bits per heavy atom. The molecule has 1 rings (SSSR count). The number of methoxy groups -OCH3 is 1. The Morgan fingerprint density at radius 3 is 2.32 bits per heavy atom. The quantitative estimate of drug-likeness (QED) is 0.739. The molecule has 0 saturated heterocycles. The van der Waals surface area contributed by atoms with Gasteiger partial charge >= 0.3 is 5.97 Å². The third-order valence-electron chi connectivity index (χ3n) is 3.93. The second-order valence-corrected chi connectivity index (χ2v) is 5.85. The number of amides is 1. The molecule has 1 saturated carbocycles. The van der Waals surface area contributed by atoms with Crippen molar-refractivity contribution in [2.45, 2.75) is 64.0 Å². The second-order valence-electron chi connectivity index (χ2n) is 5.85. The van der Waals surface area contributed by atoms with E-state index in [0.717, 1.165) is 32.1 Å². The first kappa shape index (κ1) is 16.0. The van der Waals surface area contributed by atoms with Gasteiger partial charge in [0, 0.05) is 0 Å². The van der Waals surface area contributed by atoms with E-state index in [1.165, 1.54) is 7.11 Å². The summed E-state index contributed by atoms with van der Waals surface area (Å²) in [4.78, 5) is 23.7. The average molecular weight is 270 g/mol. The van der Waals surface area contributed by atoms with Gasteiger partial charge in [0.05, 0.1) is 25.1 Å². The Bertz CT molecular complexity index is 323. The Morgan fingerprint density at radius 2 is 1.84 bits per heavy atom. The first-order valence-electron chi connectivity index (χ1n) is 7.04. The van der Waals surface area contributed by atoms with Crippen molar-refractivity contribution in [2.75, 3.05) is 7.11 Å². The van der Waals surface area contributed by atoms with Crippen LogP contribution < -0.4 is 11.1 Å². The molecule has 110 valence electrons. The van der Waals surface area contributed by atoms with E-state index in [4.69, 9.17) is 10.5 Å². The maximum absolute atomic E-state index is 12.1. The molecule has 0 bridgehead atoms. The lowest BCUT2D eigenvalue weighted by atomic mass is 9.79. The second kappa shape index (κ2) is 6.89. The van der Waals surface area contributed by atoms with Crippen LogP contribution in [0.1, 0.15) is 52.4 Å². The van der Waals surface area contributed by atoms with Crippen LogP contribution in [-0.4, -0.2) is 30.6 Å². The van der Waals surface area contributed by atoms with E-state index >= 15 is 0 Å². The molecule has 19 heavy (non-hydrogen) atoms. The van der Waals surface area contributed by atoms with E-state index in [-0.39, 0.29) is 24.2 Å². The summed E-state index contributed by atoms with van der Waals surface area (Å²) >= 11 is 0. The van der Waals surface area contributed by atoms with Crippen LogP contribution in [0.3, 0.4) is 0 Å². The molecule has 5 nitrogen and oxygen atoms in total. The van der Waals surface area contributed by atoms with E-state index in [2.05, 4.69) is 5.32 Å². The number of nitrogens with two attached hydrogens (primary N) is 1. The molecule has 0 unspecified atom stereocenters. The molecule has 1 amide bonds. The van der Waals surface area contributed by atoms with Gasteiger partial charge in [-0.05, 0) is 18.8 Å². The zero-order chi connectivity index (χ0) is 14.5. The summed E-state index contributed by atoms with van der Waals surface area (Å²) in [6.45, 7) is 3.83. The van der Waals surface area contributed by atoms with Crippen LogP contribution >= 0.6 is 0 Å². The van der Waals surface area contributed by atoms with Crippen LogP contribution in [0.25, 0.3) is 0 Å². The van der Waals surface area contributed by atoms with Crippen molar-refractivity contribution in [1.82, 2.24) is 5.32 Å². The summed E-state index contributed by atoms with van der Waals surface area (Å²) in [5, 5.41) is 3.01. The number of ether oxygens (including phenoxy) is 1. The summed E-state index contributed by atoms with van der Waals surface area (Å²) in [6.07, 6.45) is 5.06. The van der Waals surface area contributed by atoms with Crippen LogP contribution in [0.2, 0.25) is 0 Å². The molecule has 1 atom stereocenters. The third-order valence-corrected chi connectivity index (χ3v) is 3.93. The van der Waals surface area contributed by atoms with Gasteiger partial charge in [-0.15, -0.1) is 0 Å². The number of rotatable bonds is 5. The molecule has 0 spiro atoms. The number of hydrogen-bond donors (Lipinski definition) is 2. The maximum atomic E-state index is 12.1. The normalized spacial score (nSPS) is 19.8. The van der Waals surface area contributed by atoms with Gasteiger partial charge in [0.25, 0.3) is 0 Å². The monoisotopic (exact) mass is 270 g/mol. The molecule has 1 aliphatic carbocycles. The van der Waals surface area contributed by atoms with Crippen LogP contribution in [0.15, 0.2) is 0 Å². The lowest BCUT2D eigenvalue weighted by Gasteiger charge is -2.38. The van der Waals surface area contributed by atoms with Gasteiger partial charge < -0.3 is 15.8 Å². The Balaban J connectivity index is 2.74. The molecule has 0 aromatic rings. The van der Waals surface area contributed by atoms with Gasteiger partial charge in [-0.1, -0.05) is 33.1 Å². The summed E-state index contributed by atoms with van der Waals surface area (Å²) in [7, 11) is 1.38. The van der Waals surface area contributed by atoms with Crippen molar-refractivity contribution in [1.29, 1.82) is 0 Å². The largest absolute Gasteiger partial charge is 0.469 e. The average Bonchev–Trinajstić information content (AvgIpc) is 2.38. The number of hydrogen-bond acceptors (Lipinski definition) is 4. The van der Waals surface area contributed by atoms with Crippen molar-refractivity contribution in [2.24, 2.45) is 11.7 Å². The fourth-order valence-corrected chi connectivity index (χ4v) is 2.57. The van der Waals surface area contributed by atoms with Crippen molar-refractivity contribution in [3.8, 4) is 0 Å². The van der Waals surface area contributed by atoms with E-state index in [1.54, 1.807) is 0 Å². The predicted molar refractivity (Wildman–Crippen MR) is 73.4 cm³/mol. The van der Waals surface area contributed by atoms with Gasteiger partial charge in [-0.2, -0.15) is 0 Å². The Hall–Kier alpha value is -1.10. The standard InChI is InChI=1S/C14H26N2O3/c1-10(2)12(15)13(18)16-14(9-11(17)19-3)7-5-4-6-8-14/h10,12H,4-9,15H2,1-3H3,(H,16,18)/t12-/m1/s1. The minimum atomic E-state index is -0.531. The summed E-state index contributed by atoms with van der Waals surface area (Å²) in [5.41, 5.74) is 5.41. The number of esters is 1. The van der Waals surface area contributed by atoms with Crippen molar-refractivity contribution in [3.05, 3.63) is 0 Å². The molecule has 0 heterocycles. The van der Waals surface area contributed by atoms with Crippen molar-refractivity contribution < 1.29 is 14.3 Å².